The SMILES string of the molecule is CC(C)(C)OC(=O)Nc1cc(NC(=O)c2ccc(-n3cccc3)cc2)ccc1F. The molecule has 2 amide bonds. The van der Waals surface area contributed by atoms with Gasteiger partial charge in [-0.3, -0.25) is 10.1 Å². The number of carbonyl (C=O) groups is 2. The molecule has 2 aromatic carbocycles. The summed E-state index contributed by atoms with van der Waals surface area (Å²) in [7, 11) is 0. The van der Waals surface area contributed by atoms with Crippen LogP contribution in [-0.2, 0) is 4.74 Å². The number of hydrogen-bond donors (Lipinski definition) is 2. The van der Waals surface area contributed by atoms with Gasteiger partial charge in [0.2, 0.25) is 0 Å². The van der Waals surface area contributed by atoms with Crippen molar-refractivity contribution in [2.45, 2.75) is 26.4 Å². The second kappa shape index (κ2) is 8.18. The van der Waals surface area contributed by atoms with Gasteiger partial charge in [-0.15, -0.1) is 0 Å². The molecule has 0 saturated heterocycles. The Balaban J connectivity index is 1.69. The van der Waals surface area contributed by atoms with Gasteiger partial charge in [-0.25, -0.2) is 9.18 Å². The number of hydrogen-bond acceptors (Lipinski definition) is 3. The Labute approximate surface area is 168 Å². The van der Waals surface area contributed by atoms with E-state index in [0.717, 1.165) is 11.8 Å². The molecule has 0 aliphatic heterocycles. The van der Waals surface area contributed by atoms with E-state index in [1.165, 1.54) is 12.1 Å². The molecule has 0 spiro atoms. The van der Waals surface area contributed by atoms with Crippen molar-refractivity contribution >= 4 is 23.4 Å². The summed E-state index contributed by atoms with van der Waals surface area (Å²) in [5.74, 6) is -0.983. The van der Waals surface area contributed by atoms with Crippen LogP contribution in [0.4, 0.5) is 20.6 Å². The normalized spacial score (nSPS) is 11.0. The third-order valence-electron chi connectivity index (χ3n) is 3.89. The van der Waals surface area contributed by atoms with Crippen molar-refractivity contribution in [2.24, 2.45) is 0 Å². The lowest BCUT2D eigenvalue weighted by Crippen LogP contribution is -2.27. The molecule has 3 rings (SSSR count). The lowest BCUT2D eigenvalue weighted by Gasteiger charge is -2.20. The van der Waals surface area contributed by atoms with Gasteiger partial charge >= 0.3 is 6.09 Å². The Morgan fingerprint density at radius 3 is 2.24 bits per heavy atom. The monoisotopic (exact) mass is 395 g/mol. The van der Waals surface area contributed by atoms with E-state index in [-0.39, 0.29) is 11.6 Å². The molecule has 0 unspecified atom stereocenters. The average molecular weight is 395 g/mol. The van der Waals surface area contributed by atoms with Crippen molar-refractivity contribution in [3.63, 3.8) is 0 Å². The summed E-state index contributed by atoms with van der Waals surface area (Å²) in [5, 5.41) is 5.05. The molecule has 0 fully saturated rings. The number of rotatable bonds is 4. The van der Waals surface area contributed by atoms with E-state index >= 15 is 0 Å². The first-order valence-electron chi connectivity index (χ1n) is 9.05. The maximum atomic E-state index is 14.0. The summed E-state index contributed by atoms with van der Waals surface area (Å²) in [5.41, 5.74) is 0.931. The summed E-state index contributed by atoms with van der Waals surface area (Å²) in [6.07, 6.45) is 3.04. The fourth-order valence-electron chi connectivity index (χ4n) is 2.61. The molecular weight excluding hydrogens is 373 g/mol. The quantitative estimate of drug-likeness (QED) is 0.636. The second-order valence-electron chi connectivity index (χ2n) is 7.41. The van der Waals surface area contributed by atoms with Gasteiger partial charge in [0.15, 0.2) is 0 Å². The summed E-state index contributed by atoms with van der Waals surface area (Å²) in [6, 6.07) is 14.8. The van der Waals surface area contributed by atoms with E-state index < -0.39 is 17.5 Å². The zero-order valence-corrected chi connectivity index (χ0v) is 16.4. The van der Waals surface area contributed by atoms with Crippen molar-refractivity contribution < 1.29 is 18.7 Å². The number of carbonyl (C=O) groups excluding carboxylic acids is 2. The number of nitrogens with zero attached hydrogens (tertiary/aromatic N) is 1. The summed E-state index contributed by atoms with van der Waals surface area (Å²) in [6.45, 7) is 5.13. The molecule has 2 N–H and O–H groups in total. The first kappa shape index (κ1) is 20.1. The Bertz CT molecular complexity index is 1010. The largest absolute Gasteiger partial charge is 0.444 e. The summed E-state index contributed by atoms with van der Waals surface area (Å²) in [4.78, 5) is 24.4. The molecule has 0 atom stereocenters. The number of nitrogens with one attached hydrogen (secondary N) is 2. The molecule has 7 heteroatoms. The zero-order chi connectivity index (χ0) is 21.0. The molecule has 1 heterocycles. The van der Waals surface area contributed by atoms with E-state index in [1.807, 2.05) is 41.2 Å². The molecule has 0 aliphatic carbocycles. The number of amides is 2. The lowest BCUT2D eigenvalue weighted by atomic mass is 10.2. The second-order valence-corrected chi connectivity index (χ2v) is 7.41. The molecule has 0 bridgehead atoms. The highest BCUT2D eigenvalue weighted by Crippen LogP contribution is 2.21. The van der Waals surface area contributed by atoms with E-state index in [4.69, 9.17) is 4.74 Å². The molecule has 3 aromatic rings. The maximum Gasteiger partial charge on any atom is 0.412 e. The van der Waals surface area contributed by atoms with Crippen LogP contribution >= 0.6 is 0 Å². The van der Waals surface area contributed by atoms with Crippen LogP contribution in [0.15, 0.2) is 67.0 Å². The van der Waals surface area contributed by atoms with Crippen LogP contribution in [-0.4, -0.2) is 22.2 Å². The third-order valence-corrected chi connectivity index (χ3v) is 3.89. The Hall–Kier alpha value is -3.61. The van der Waals surface area contributed by atoms with Crippen LogP contribution in [0.3, 0.4) is 0 Å². The number of ether oxygens (including phenoxy) is 1. The van der Waals surface area contributed by atoms with Gasteiger partial charge in [0.1, 0.15) is 11.4 Å². The summed E-state index contributed by atoms with van der Waals surface area (Å²) < 4.78 is 21.1. The highest BCUT2D eigenvalue weighted by Gasteiger charge is 2.18. The molecule has 150 valence electrons. The van der Waals surface area contributed by atoms with Crippen molar-refractivity contribution in [1.82, 2.24) is 4.57 Å². The Morgan fingerprint density at radius 1 is 0.966 bits per heavy atom. The lowest BCUT2D eigenvalue weighted by molar-refractivity contribution is 0.0635. The van der Waals surface area contributed by atoms with Gasteiger partial charge in [-0.1, -0.05) is 0 Å². The van der Waals surface area contributed by atoms with Crippen molar-refractivity contribution in [3.8, 4) is 5.69 Å². The van der Waals surface area contributed by atoms with Crippen LogP contribution < -0.4 is 10.6 Å². The van der Waals surface area contributed by atoms with Gasteiger partial charge in [0.25, 0.3) is 5.91 Å². The van der Waals surface area contributed by atoms with E-state index in [9.17, 15) is 14.0 Å². The van der Waals surface area contributed by atoms with Crippen LogP contribution in [0.2, 0.25) is 0 Å². The molecule has 29 heavy (non-hydrogen) atoms. The van der Waals surface area contributed by atoms with Gasteiger partial charge in [-0.2, -0.15) is 0 Å². The molecule has 1 aromatic heterocycles. The fourth-order valence-corrected chi connectivity index (χ4v) is 2.61. The molecule has 0 saturated carbocycles. The standard InChI is InChI=1S/C22H22FN3O3/c1-22(2,3)29-21(28)25-19-14-16(8-11-18(19)23)24-20(27)15-6-9-17(10-7-15)26-12-4-5-13-26/h4-14H,1-3H3,(H,24,27)(H,25,28). The van der Waals surface area contributed by atoms with Crippen LogP contribution in [0.1, 0.15) is 31.1 Å². The minimum atomic E-state index is -0.777. The molecule has 0 radical (unpaired) electrons. The minimum absolute atomic E-state index is 0.0833. The predicted octanol–water partition coefficient (Wildman–Crippen LogP) is 5.22. The van der Waals surface area contributed by atoms with Crippen LogP contribution in [0, 0.1) is 5.82 Å². The number of benzene rings is 2. The van der Waals surface area contributed by atoms with E-state index in [2.05, 4.69) is 10.6 Å². The Kier molecular flexibility index (Phi) is 5.68. The molecular formula is C22H22FN3O3. The average Bonchev–Trinajstić information content (AvgIpc) is 3.18. The van der Waals surface area contributed by atoms with Gasteiger partial charge in [0.05, 0.1) is 5.69 Å². The minimum Gasteiger partial charge on any atom is -0.444 e. The first-order chi connectivity index (χ1) is 13.7. The van der Waals surface area contributed by atoms with Crippen molar-refractivity contribution in [2.75, 3.05) is 10.6 Å². The number of aromatic nitrogens is 1. The maximum absolute atomic E-state index is 14.0. The smallest absolute Gasteiger partial charge is 0.412 e. The Morgan fingerprint density at radius 2 is 1.62 bits per heavy atom. The zero-order valence-electron chi connectivity index (χ0n) is 16.4. The number of anilines is 2. The van der Waals surface area contributed by atoms with Crippen LogP contribution in [0.25, 0.3) is 5.69 Å². The first-order valence-corrected chi connectivity index (χ1v) is 9.05. The van der Waals surface area contributed by atoms with E-state index in [0.29, 0.717) is 11.3 Å². The van der Waals surface area contributed by atoms with E-state index in [1.54, 1.807) is 32.9 Å². The molecule has 6 nitrogen and oxygen atoms in total. The predicted molar refractivity (Wildman–Crippen MR) is 110 cm³/mol. The third kappa shape index (κ3) is 5.44. The number of halogens is 1. The highest BCUT2D eigenvalue weighted by atomic mass is 19.1. The van der Waals surface area contributed by atoms with Crippen molar-refractivity contribution in [1.29, 1.82) is 0 Å². The highest BCUT2D eigenvalue weighted by molar-refractivity contribution is 6.04. The van der Waals surface area contributed by atoms with Crippen LogP contribution in [0.5, 0.6) is 0 Å². The topological polar surface area (TPSA) is 72.4 Å². The fraction of sp³-hybridized carbons (Fsp3) is 0.182. The molecule has 0 aliphatic rings. The van der Waals surface area contributed by atoms with Gasteiger partial charge in [0, 0.05) is 29.3 Å². The van der Waals surface area contributed by atoms with Gasteiger partial charge < -0.3 is 14.6 Å². The van der Waals surface area contributed by atoms with Gasteiger partial charge in [-0.05, 0) is 75.4 Å². The summed E-state index contributed by atoms with van der Waals surface area (Å²) >= 11 is 0. The van der Waals surface area contributed by atoms with Crippen molar-refractivity contribution in [3.05, 3.63) is 78.4 Å².